The fourth-order valence-corrected chi connectivity index (χ4v) is 3.05. The number of nitrogens with zero attached hydrogens (tertiary/aromatic N) is 1. The van der Waals surface area contributed by atoms with Crippen LogP contribution in [0.3, 0.4) is 0 Å². The smallest absolute Gasteiger partial charge is 0.251 e. The van der Waals surface area contributed by atoms with Crippen molar-refractivity contribution in [2.45, 2.75) is 38.6 Å². The SMILES string of the molecule is CCNC(=NCCNC(=O)c1cccc(Br)c1)NC1CCCC1. The van der Waals surface area contributed by atoms with Crippen molar-refractivity contribution in [2.24, 2.45) is 4.99 Å². The van der Waals surface area contributed by atoms with Crippen LogP contribution in [-0.4, -0.2) is 37.5 Å². The van der Waals surface area contributed by atoms with Gasteiger partial charge in [-0.1, -0.05) is 34.8 Å². The Morgan fingerprint density at radius 1 is 1.30 bits per heavy atom. The maximum Gasteiger partial charge on any atom is 0.251 e. The van der Waals surface area contributed by atoms with E-state index < -0.39 is 0 Å². The van der Waals surface area contributed by atoms with Crippen molar-refractivity contribution in [2.75, 3.05) is 19.6 Å². The lowest BCUT2D eigenvalue weighted by Crippen LogP contribution is -2.42. The van der Waals surface area contributed by atoms with Gasteiger partial charge in [-0.2, -0.15) is 0 Å². The van der Waals surface area contributed by atoms with Gasteiger partial charge < -0.3 is 16.0 Å². The summed E-state index contributed by atoms with van der Waals surface area (Å²) in [7, 11) is 0. The van der Waals surface area contributed by atoms with E-state index in [1.54, 1.807) is 6.07 Å². The minimum Gasteiger partial charge on any atom is -0.357 e. The molecule has 0 saturated heterocycles. The number of halogens is 1. The van der Waals surface area contributed by atoms with Gasteiger partial charge in [0.15, 0.2) is 5.96 Å². The van der Waals surface area contributed by atoms with Gasteiger partial charge in [0.25, 0.3) is 5.91 Å². The van der Waals surface area contributed by atoms with Crippen molar-refractivity contribution in [1.82, 2.24) is 16.0 Å². The van der Waals surface area contributed by atoms with Crippen LogP contribution in [0.25, 0.3) is 0 Å². The fourth-order valence-electron chi connectivity index (χ4n) is 2.65. The molecule has 0 aromatic heterocycles. The molecule has 1 aliphatic carbocycles. The largest absolute Gasteiger partial charge is 0.357 e. The standard InChI is InChI=1S/C17H25BrN4O/c1-2-19-17(22-15-8-3-4-9-15)21-11-10-20-16(23)13-6-5-7-14(18)12-13/h5-7,12,15H,2-4,8-11H2,1H3,(H,20,23)(H2,19,21,22). The van der Waals surface area contributed by atoms with Crippen LogP contribution in [0.2, 0.25) is 0 Å². The first-order chi connectivity index (χ1) is 11.2. The number of carbonyl (C=O) groups excluding carboxylic acids is 1. The van der Waals surface area contributed by atoms with E-state index in [0.29, 0.717) is 24.7 Å². The van der Waals surface area contributed by atoms with Gasteiger partial charge in [0, 0.05) is 29.2 Å². The molecular formula is C17H25BrN4O. The summed E-state index contributed by atoms with van der Waals surface area (Å²) in [6, 6.07) is 7.90. The third-order valence-electron chi connectivity index (χ3n) is 3.79. The second kappa shape index (κ2) is 9.55. The number of carbonyl (C=O) groups is 1. The van der Waals surface area contributed by atoms with Crippen LogP contribution in [0.15, 0.2) is 33.7 Å². The molecule has 0 atom stereocenters. The second-order valence-corrected chi connectivity index (χ2v) is 6.57. The predicted molar refractivity (Wildman–Crippen MR) is 97.8 cm³/mol. The minimum absolute atomic E-state index is 0.0738. The summed E-state index contributed by atoms with van der Waals surface area (Å²) >= 11 is 3.37. The number of rotatable bonds is 6. The molecule has 0 spiro atoms. The molecule has 1 aliphatic rings. The third kappa shape index (κ3) is 6.22. The van der Waals surface area contributed by atoms with E-state index in [9.17, 15) is 4.79 Å². The van der Waals surface area contributed by atoms with Gasteiger partial charge in [0.05, 0.1) is 6.54 Å². The molecule has 5 nitrogen and oxygen atoms in total. The predicted octanol–water partition coefficient (Wildman–Crippen LogP) is 2.68. The van der Waals surface area contributed by atoms with Crippen molar-refractivity contribution in [3.63, 3.8) is 0 Å². The zero-order valence-electron chi connectivity index (χ0n) is 13.6. The molecule has 2 rings (SSSR count). The van der Waals surface area contributed by atoms with Gasteiger partial charge in [-0.3, -0.25) is 9.79 Å². The van der Waals surface area contributed by atoms with Crippen LogP contribution in [0, 0.1) is 0 Å². The number of amides is 1. The van der Waals surface area contributed by atoms with Crippen molar-refractivity contribution in [3.8, 4) is 0 Å². The lowest BCUT2D eigenvalue weighted by Gasteiger charge is -2.16. The van der Waals surface area contributed by atoms with Crippen LogP contribution >= 0.6 is 15.9 Å². The summed E-state index contributed by atoms with van der Waals surface area (Å²) in [5.41, 5.74) is 0.652. The van der Waals surface area contributed by atoms with Crippen molar-refractivity contribution >= 4 is 27.8 Å². The average Bonchev–Trinajstić information content (AvgIpc) is 3.04. The quantitative estimate of drug-likeness (QED) is 0.403. The Labute approximate surface area is 146 Å². The first kappa shape index (κ1) is 17.8. The maximum atomic E-state index is 12.0. The molecule has 0 bridgehead atoms. The van der Waals surface area contributed by atoms with Gasteiger partial charge in [0.2, 0.25) is 0 Å². The highest BCUT2D eigenvalue weighted by Crippen LogP contribution is 2.17. The van der Waals surface area contributed by atoms with E-state index in [0.717, 1.165) is 17.0 Å². The molecule has 0 aliphatic heterocycles. The number of nitrogens with one attached hydrogen (secondary N) is 3. The zero-order valence-corrected chi connectivity index (χ0v) is 15.2. The molecule has 1 amide bonds. The molecule has 1 fully saturated rings. The Morgan fingerprint density at radius 3 is 2.78 bits per heavy atom. The number of benzene rings is 1. The summed E-state index contributed by atoms with van der Waals surface area (Å²) in [6.07, 6.45) is 5.01. The van der Waals surface area contributed by atoms with E-state index in [1.165, 1.54) is 25.7 Å². The zero-order chi connectivity index (χ0) is 16.5. The monoisotopic (exact) mass is 380 g/mol. The molecule has 1 aromatic carbocycles. The number of aliphatic imine (C=N–C) groups is 1. The van der Waals surface area contributed by atoms with Gasteiger partial charge in [-0.05, 0) is 38.0 Å². The molecule has 0 unspecified atom stereocenters. The molecule has 23 heavy (non-hydrogen) atoms. The Bertz CT molecular complexity index is 541. The highest BCUT2D eigenvalue weighted by atomic mass is 79.9. The summed E-state index contributed by atoms with van der Waals surface area (Å²) in [4.78, 5) is 16.6. The molecule has 0 heterocycles. The van der Waals surface area contributed by atoms with Crippen LogP contribution in [0.4, 0.5) is 0 Å². The molecule has 6 heteroatoms. The van der Waals surface area contributed by atoms with Gasteiger partial charge in [-0.25, -0.2) is 0 Å². The maximum absolute atomic E-state index is 12.0. The van der Waals surface area contributed by atoms with Crippen molar-refractivity contribution in [3.05, 3.63) is 34.3 Å². The van der Waals surface area contributed by atoms with Crippen LogP contribution < -0.4 is 16.0 Å². The topological polar surface area (TPSA) is 65.5 Å². The first-order valence-electron chi connectivity index (χ1n) is 8.27. The normalized spacial score (nSPS) is 15.5. The minimum atomic E-state index is -0.0738. The summed E-state index contributed by atoms with van der Waals surface area (Å²) in [5, 5.41) is 9.62. The summed E-state index contributed by atoms with van der Waals surface area (Å²) < 4.78 is 0.901. The molecule has 3 N–H and O–H groups in total. The molecule has 126 valence electrons. The second-order valence-electron chi connectivity index (χ2n) is 5.65. The Morgan fingerprint density at radius 2 is 2.09 bits per heavy atom. The number of guanidine groups is 1. The van der Waals surface area contributed by atoms with Gasteiger partial charge >= 0.3 is 0 Å². The molecule has 1 aromatic rings. The number of hydrogen-bond acceptors (Lipinski definition) is 2. The van der Waals surface area contributed by atoms with Crippen molar-refractivity contribution < 1.29 is 4.79 Å². The Hall–Kier alpha value is -1.56. The van der Waals surface area contributed by atoms with Crippen LogP contribution in [0.1, 0.15) is 43.0 Å². The molecule has 0 radical (unpaired) electrons. The first-order valence-corrected chi connectivity index (χ1v) is 9.07. The van der Waals surface area contributed by atoms with Gasteiger partial charge in [0.1, 0.15) is 0 Å². The molecular weight excluding hydrogens is 356 g/mol. The third-order valence-corrected chi connectivity index (χ3v) is 4.29. The van der Waals surface area contributed by atoms with Crippen LogP contribution in [-0.2, 0) is 0 Å². The highest BCUT2D eigenvalue weighted by Gasteiger charge is 2.15. The van der Waals surface area contributed by atoms with E-state index in [4.69, 9.17) is 0 Å². The fraction of sp³-hybridized carbons (Fsp3) is 0.529. The van der Waals surface area contributed by atoms with Crippen molar-refractivity contribution in [1.29, 1.82) is 0 Å². The highest BCUT2D eigenvalue weighted by molar-refractivity contribution is 9.10. The average molecular weight is 381 g/mol. The van der Waals surface area contributed by atoms with E-state index in [1.807, 2.05) is 18.2 Å². The lowest BCUT2D eigenvalue weighted by molar-refractivity contribution is 0.0954. The van der Waals surface area contributed by atoms with Crippen LogP contribution in [0.5, 0.6) is 0 Å². The van der Waals surface area contributed by atoms with E-state index in [-0.39, 0.29) is 5.91 Å². The number of hydrogen-bond donors (Lipinski definition) is 3. The summed E-state index contributed by atoms with van der Waals surface area (Å²) in [6.45, 7) is 3.97. The molecule has 1 saturated carbocycles. The van der Waals surface area contributed by atoms with E-state index in [2.05, 4.69) is 43.8 Å². The summed E-state index contributed by atoms with van der Waals surface area (Å²) in [5.74, 6) is 0.770. The van der Waals surface area contributed by atoms with E-state index >= 15 is 0 Å². The Balaban J connectivity index is 1.77. The lowest BCUT2D eigenvalue weighted by atomic mass is 10.2. The Kier molecular flexibility index (Phi) is 7.39. The van der Waals surface area contributed by atoms with Gasteiger partial charge in [-0.15, -0.1) is 0 Å².